The zero-order valence-electron chi connectivity index (χ0n) is 13.0. The molecule has 2 aromatic rings. The Bertz CT molecular complexity index is 702. The topological polar surface area (TPSA) is 50.4 Å². The first-order valence-electron chi connectivity index (χ1n) is 7.34. The number of alkyl halides is 3. The minimum absolute atomic E-state index is 0.0777. The number of amides is 2. The van der Waals surface area contributed by atoms with Crippen LogP contribution in [-0.4, -0.2) is 12.4 Å². The van der Waals surface area contributed by atoms with Gasteiger partial charge in [0.15, 0.2) is 0 Å². The van der Waals surface area contributed by atoms with Crippen LogP contribution in [0, 0.1) is 0 Å². The first-order chi connectivity index (χ1) is 11.4. The summed E-state index contributed by atoms with van der Waals surface area (Å²) in [4.78, 5) is 11.9. The highest BCUT2D eigenvalue weighted by molar-refractivity contribution is 5.89. The maximum atomic E-state index is 12.2. The highest BCUT2D eigenvalue weighted by atomic mass is 19.4. The molecule has 0 saturated carbocycles. The van der Waals surface area contributed by atoms with Gasteiger partial charge in [-0.15, -0.1) is 13.2 Å². The van der Waals surface area contributed by atoms with Crippen LogP contribution in [0.5, 0.6) is 5.75 Å². The fourth-order valence-electron chi connectivity index (χ4n) is 2.08. The summed E-state index contributed by atoms with van der Waals surface area (Å²) in [6.45, 7) is 2.09. The molecular formula is C17H17F3N2O2. The fourth-order valence-corrected chi connectivity index (χ4v) is 2.08. The number of anilines is 1. The SMILES string of the molecule is CCc1cccc(NC(=O)NCc2cccc(OC(F)(F)F)c2)c1. The van der Waals surface area contributed by atoms with Crippen molar-refractivity contribution in [1.29, 1.82) is 0 Å². The molecule has 0 atom stereocenters. The van der Waals surface area contributed by atoms with Gasteiger partial charge >= 0.3 is 12.4 Å². The maximum absolute atomic E-state index is 12.2. The van der Waals surface area contributed by atoms with E-state index in [1.807, 2.05) is 25.1 Å². The third-order valence-corrected chi connectivity index (χ3v) is 3.18. The Morgan fingerprint density at radius 1 is 1.08 bits per heavy atom. The minimum atomic E-state index is -4.74. The van der Waals surface area contributed by atoms with Crippen LogP contribution < -0.4 is 15.4 Å². The van der Waals surface area contributed by atoms with Crippen molar-refractivity contribution in [2.75, 3.05) is 5.32 Å². The summed E-state index contributed by atoms with van der Waals surface area (Å²) in [5.41, 5.74) is 2.24. The highest BCUT2D eigenvalue weighted by Gasteiger charge is 2.31. The summed E-state index contributed by atoms with van der Waals surface area (Å²) in [7, 11) is 0. The summed E-state index contributed by atoms with van der Waals surface area (Å²) in [5, 5.41) is 5.27. The van der Waals surface area contributed by atoms with Gasteiger partial charge in [0.1, 0.15) is 5.75 Å². The lowest BCUT2D eigenvalue weighted by atomic mass is 10.1. The van der Waals surface area contributed by atoms with E-state index in [0.29, 0.717) is 11.3 Å². The van der Waals surface area contributed by atoms with Crippen LogP contribution in [0.3, 0.4) is 0 Å². The normalized spacial score (nSPS) is 11.0. The lowest BCUT2D eigenvalue weighted by Gasteiger charge is -2.11. The number of ether oxygens (including phenoxy) is 1. The molecule has 2 amide bonds. The number of rotatable bonds is 5. The number of carbonyl (C=O) groups is 1. The second-order valence-electron chi connectivity index (χ2n) is 5.06. The second kappa shape index (κ2) is 7.72. The van der Waals surface area contributed by atoms with Crippen molar-refractivity contribution in [1.82, 2.24) is 5.32 Å². The van der Waals surface area contributed by atoms with Crippen molar-refractivity contribution in [2.45, 2.75) is 26.3 Å². The van der Waals surface area contributed by atoms with Gasteiger partial charge in [-0.05, 0) is 41.8 Å². The Kier molecular flexibility index (Phi) is 5.68. The Hall–Kier alpha value is -2.70. The van der Waals surface area contributed by atoms with E-state index in [-0.39, 0.29) is 12.3 Å². The van der Waals surface area contributed by atoms with Gasteiger partial charge in [0.25, 0.3) is 0 Å². The maximum Gasteiger partial charge on any atom is 0.573 e. The van der Waals surface area contributed by atoms with Gasteiger partial charge in [-0.25, -0.2) is 4.79 Å². The van der Waals surface area contributed by atoms with E-state index in [2.05, 4.69) is 15.4 Å². The molecule has 2 aromatic carbocycles. The summed E-state index contributed by atoms with van der Waals surface area (Å²) in [6.07, 6.45) is -3.89. The van der Waals surface area contributed by atoms with Crippen LogP contribution in [0.15, 0.2) is 48.5 Å². The van der Waals surface area contributed by atoms with Gasteiger partial charge in [0.05, 0.1) is 0 Å². The standard InChI is InChI=1S/C17H17F3N2O2/c1-2-12-5-3-7-14(9-12)22-16(23)21-11-13-6-4-8-15(10-13)24-17(18,19)20/h3-10H,2,11H2,1H3,(H2,21,22,23). The van der Waals surface area contributed by atoms with Crippen LogP contribution in [0.2, 0.25) is 0 Å². The summed E-state index contributed by atoms with van der Waals surface area (Å²) in [6, 6.07) is 12.4. The molecule has 0 heterocycles. The number of halogens is 3. The molecule has 0 aromatic heterocycles. The molecule has 2 rings (SSSR count). The molecule has 0 radical (unpaired) electrons. The highest BCUT2D eigenvalue weighted by Crippen LogP contribution is 2.23. The minimum Gasteiger partial charge on any atom is -0.406 e. The fraction of sp³-hybridized carbons (Fsp3) is 0.235. The molecule has 0 aliphatic rings. The zero-order chi connectivity index (χ0) is 17.6. The van der Waals surface area contributed by atoms with E-state index in [1.165, 1.54) is 18.2 Å². The average molecular weight is 338 g/mol. The van der Waals surface area contributed by atoms with Crippen molar-refractivity contribution in [2.24, 2.45) is 0 Å². The van der Waals surface area contributed by atoms with Crippen molar-refractivity contribution >= 4 is 11.7 Å². The number of hydrogen-bond donors (Lipinski definition) is 2. The van der Waals surface area contributed by atoms with Crippen LogP contribution >= 0.6 is 0 Å². The molecule has 0 aliphatic carbocycles. The van der Waals surface area contributed by atoms with Crippen LogP contribution in [0.4, 0.5) is 23.7 Å². The van der Waals surface area contributed by atoms with Crippen LogP contribution in [0.1, 0.15) is 18.1 Å². The number of urea groups is 1. The van der Waals surface area contributed by atoms with Gasteiger partial charge in [-0.2, -0.15) is 0 Å². The molecule has 0 unspecified atom stereocenters. The van der Waals surface area contributed by atoms with Crippen molar-refractivity contribution in [3.63, 3.8) is 0 Å². The third-order valence-electron chi connectivity index (χ3n) is 3.18. The Morgan fingerprint density at radius 2 is 1.79 bits per heavy atom. The van der Waals surface area contributed by atoms with Gasteiger partial charge in [-0.3, -0.25) is 0 Å². The smallest absolute Gasteiger partial charge is 0.406 e. The predicted octanol–water partition coefficient (Wildman–Crippen LogP) is 4.47. The molecule has 2 N–H and O–H groups in total. The zero-order valence-corrected chi connectivity index (χ0v) is 13.0. The molecule has 0 bridgehead atoms. The second-order valence-corrected chi connectivity index (χ2v) is 5.06. The monoisotopic (exact) mass is 338 g/mol. The van der Waals surface area contributed by atoms with Gasteiger partial charge < -0.3 is 15.4 Å². The van der Waals surface area contributed by atoms with Crippen molar-refractivity contribution in [3.05, 3.63) is 59.7 Å². The van der Waals surface area contributed by atoms with Gasteiger partial charge in [-0.1, -0.05) is 31.2 Å². The number of carbonyl (C=O) groups excluding carboxylic acids is 1. The molecule has 128 valence electrons. The Balaban J connectivity index is 1.90. The van der Waals surface area contributed by atoms with Gasteiger partial charge in [0.2, 0.25) is 0 Å². The third kappa shape index (κ3) is 5.83. The van der Waals surface area contributed by atoms with E-state index in [1.54, 1.807) is 12.1 Å². The lowest BCUT2D eigenvalue weighted by Crippen LogP contribution is -2.28. The van der Waals surface area contributed by atoms with Crippen LogP contribution in [0.25, 0.3) is 0 Å². The first kappa shape index (κ1) is 17.7. The summed E-state index contributed by atoms with van der Waals surface area (Å²) >= 11 is 0. The summed E-state index contributed by atoms with van der Waals surface area (Å²) in [5.74, 6) is -0.321. The molecule has 7 heteroatoms. The number of aryl methyl sites for hydroxylation is 1. The molecule has 0 fully saturated rings. The Morgan fingerprint density at radius 3 is 2.50 bits per heavy atom. The number of nitrogens with one attached hydrogen (secondary N) is 2. The van der Waals surface area contributed by atoms with Gasteiger partial charge in [0, 0.05) is 12.2 Å². The molecule has 0 aliphatic heterocycles. The molecular weight excluding hydrogens is 321 g/mol. The van der Waals surface area contributed by atoms with E-state index >= 15 is 0 Å². The quantitative estimate of drug-likeness (QED) is 0.845. The van der Waals surface area contributed by atoms with E-state index in [0.717, 1.165) is 12.0 Å². The largest absolute Gasteiger partial charge is 0.573 e. The number of hydrogen-bond acceptors (Lipinski definition) is 2. The Labute approximate surface area is 137 Å². The number of benzene rings is 2. The molecule has 4 nitrogen and oxygen atoms in total. The van der Waals surface area contributed by atoms with Crippen LogP contribution in [-0.2, 0) is 13.0 Å². The molecule has 24 heavy (non-hydrogen) atoms. The first-order valence-corrected chi connectivity index (χ1v) is 7.34. The average Bonchev–Trinajstić information content (AvgIpc) is 2.52. The summed E-state index contributed by atoms with van der Waals surface area (Å²) < 4.78 is 40.4. The van der Waals surface area contributed by atoms with Crippen molar-refractivity contribution in [3.8, 4) is 5.75 Å². The lowest BCUT2D eigenvalue weighted by molar-refractivity contribution is -0.274. The van der Waals surface area contributed by atoms with E-state index < -0.39 is 12.4 Å². The van der Waals surface area contributed by atoms with E-state index in [4.69, 9.17) is 0 Å². The molecule has 0 saturated heterocycles. The van der Waals surface area contributed by atoms with Crippen molar-refractivity contribution < 1.29 is 22.7 Å². The van der Waals surface area contributed by atoms with E-state index in [9.17, 15) is 18.0 Å². The molecule has 0 spiro atoms. The predicted molar refractivity (Wildman–Crippen MR) is 84.8 cm³/mol.